The molecule has 0 aliphatic rings. The number of unbranched alkanes of at least 4 members (excludes halogenated alkanes) is 16. The van der Waals surface area contributed by atoms with Gasteiger partial charge >= 0.3 is 17.9 Å². The molecule has 0 aromatic heterocycles. The first kappa shape index (κ1) is 52.2. The summed E-state index contributed by atoms with van der Waals surface area (Å²) in [6, 6.07) is 0. The first-order chi connectivity index (χ1) is 26.6. The van der Waals surface area contributed by atoms with Crippen LogP contribution >= 0.6 is 0 Å². The second-order valence-electron chi connectivity index (χ2n) is 15.6. The summed E-state index contributed by atoms with van der Waals surface area (Å²) in [4.78, 5) is 37.0. The number of quaternary nitrogens is 1. The van der Waals surface area contributed by atoms with Crippen molar-refractivity contribution in [3.63, 3.8) is 0 Å². The highest BCUT2D eigenvalue weighted by atomic mass is 16.7. The number of likely N-dealkylation sites (N-methyl/N-ethyl adjacent to an activating group) is 1. The molecule has 9 nitrogen and oxygen atoms in total. The molecule has 1 N–H and O–H groups in total. The number of nitrogens with zero attached hydrogens (tertiary/aromatic N) is 1. The Labute approximate surface area is 336 Å². The van der Waals surface area contributed by atoms with E-state index in [4.69, 9.17) is 18.9 Å². The van der Waals surface area contributed by atoms with E-state index in [1.165, 1.54) is 89.9 Å². The lowest BCUT2D eigenvalue weighted by Crippen LogP contribution is -2.40. The van der Waals surface area contributed by atoms with Gasteiger partial charge in [-0.25, -0.2) is 4.79 Å². The minimum atomic E-state index is -1.53. The Bertz CT molecular complexity index is 1050. The predicted octanol–water partition coefficient (Wildman–Crippen LogP) is 11.2. The number of ether oxygens (including phenoxy) is 4. The summed E-state index contributed by atoms with van der Waals surface area (Å²) in [6.45, 7) is 4.66. The Kier molecular flexibility index (Phi) is 36.2. The van der Waals surface area contributed by atoms with Gasteiger partial charge in [-0.15, -0.1) is 0 Å². The molecule has 9 heteroatoms. The summed E-state index contributed by atoms with van der Waals surface area (Å²) in [5.41, 5.74) is 0. The van der Waals surface area contributed by atoms with Crippen molar-refractivity contribution in [2.45, 2.75) is 180 Å². The Hall–Kier alpha value is -2.75. The van der Waals surface area contributed by atoms with Gasteiger partial charge in [-0.1, -0.05) is 165 Å². The molecule has 0 aromatic rings. The number of carbonyl (C=O) groups excluding carboxylic acids is 2. The normalized spacial score (nSPS) is 13.4. The van der Waals surface area contributed by atoms with Crippen LogP contribution in [0.15, 0.2) is 48.6 Å². The third-order valence-corrected chi connectivity index (χ3v) is 9.11. The predicted molar refractivity (Wildman–Crippen MR) is 226 cm³/mol. The monoisotopic (exact) mass is 777 g/mol. The molecule has 0 saturated heterocycles. The molecule has 0 rings (SSSR count). The van der Waals surface area contributed by atoms with E-state index in [1.807, 2.05) is 33.3 Å². The quantitative estimate of drug-likeness (QED) is 0.0216. The third-order valence-electron chi connectivity index (χ3n) is 9.11. The van der Waals surface area contributed by atoms with Crippen LogP contribution < -0.4 is 0 Å². The maximum absolute atomic E-state index is 12.7. The molecule has 2 atom stereocenters. The van der Waals surface area contributed by atoms with Crippen LogP contribution in [-0.4, -0.2) is 87.4 Å². The lowest BCUT2D eigenvalue weighted by atomic mass is 10.0. The number of carboxylic acid groups (broad SMARTS) is 1. The largest absolute Gasteiger partial charge is 0.477 e. The van der Waals surface area contributed by atoms with Crippen molar-refractivity contribution in [2.24, 2.45) is 0 Å². The average Bonchev–Trinajstić information content (AvgIpc) is 3.14. The maximum Gasteiger partial charge on any atom is 0.361 e. The second kappa shape index (κ2) is 38.1. The number of carboxylic acids is 1. The molecule has 0 aliphatic carbocycles. The Morgan fingerprint density at radius 3 is 1.51 bits per heavy atom. The fraction of sp³-hybridized carbons (Fsp3) is 0.761. The Morgan fingerprint density at radius 1 is 0.564 bits per heavy atom. The van der Waals surface area contributed by atoms with Crippen molar-refractivity contribution in [3.8, 4) is 0 Å². The van der Waals surface area contributed by atoms with Gasteiger partial charge in [0.25, 0.3) is 6.29 Å². The van der Waals surface area contributed by atoms with Crippen LogP contribution in [0.4, 0.5) is 0 Å². The van der Waals surface area contributed by atoms with Gasteiger partial charge < -0.3 is 28.5 Å². The van der Waals surface area contributed by atoms with E-state index in [0.717, 1.165) is 44.9 Å². The molecule has 0 spiro atoms. The van der Waals surface area contributed by atoms with Crippen LogP contribution in [0.3, 0.4) is 0 Å². The van der Waals surface area contributed by atoms with E-state index < -0.39 is 24.3 Å². The number of hydrogen-bond acceptors (Lipinski definition) is 7. The number of carbonyl (C=O) groups is 3. The van der Waals surface area contributed by atoms with E-state index in [2.05, 4.69) is 50.3 Å². The van der Waals surface area contributed by atoms with Crippen molar-refractivity contribution >= 4 is 17.9 Å². The van der Waals surface area contributed by atoms with Gasteiger partial charge in [0.2, 0.25) is 0 Å². The number of esters is 2. The van der Waals surface area contributed by atoms with Crippen LogP contribution in [-0.2, 0) is 33.3 Å². The highest BCUT2D eigenvalue weighted by Gasteiger charge is 2.25. The number of rotatable bonds is 39. The summed E-state index contributed by atoms with van der Waals surface area (Å²) in [5, 5.41) is 9.61. The fourth-order valence-electron chi connectivity index (χ4n) is 5.73. The molecule has 0 radical (unpaired) electrons. The summed E-state index contributed by atoms with van der Waals surface area (Å²) in [6.07, 6.45) is 40.5. The minimum absolute atomic E-state index is 0.139. The van der Waals surface area contributed by atoms with E-state index in [9.17, 15) is 19.5 Å². The molecule has 0 aliphatic heterocycles. The molecule has 0 saturated carbocycles. The van der Waals surface area contributed by atoms with E-state index in [0.29, 0.717) is 17.4 Å². The molecule has 55 heavy (non-hydrogen) atoms. The third kappa shape index (κ3) is 39.3. The molecule has 0 bridgehead atoms. The van der Waals surface area contributed by atoms with E-state index in [-0.39, 0.29) is 38.6 Å². The maximum atomic E-state index is 12.7. The van der Waals surface area contributed by atoms with Gasteiger partial charge in [-0.3, -0.25) is 9.59 Å². The van der Waals surface area contributed by atoms with Crippen LogP contribution in [0.5, 0.6) is 0 Å². The molecule has 318 valence electrons. The SMILES string of the molecule is CC/C=C\C/C=C\C/C=C\C/C=C\CCC(=O)OC(COC(=O)CCCCCCCCCCCCCCCCCCC)COC(OCC[N+](C)(C)C)C(=O)O. The number of hydrogen-bond donors (Lipinski definition) is 1. The summed E-state index contributed by atoms with van der Waals surface area (Å²) < 4.78 is 22.6. The summed E-state index contributed by atoms with van der Waals surface area (Å²) >= 11 is 0. The first-order valence-electron chi connectivity index (χ1n) is 21.8. The van der Waals surface area contributed by atoms with E-state index in [1.54, 1.807) is 0 Å². The van der Waals surface area contributed by atoms with Crippen molar-refractivity contribution in [3.05, 3.63) is 48.6 Å². The van der Waals surface area contributed by atoms with E-state index >= 15 is 0 Å². The molecule has 0 amide bonds. The molecule has 0 aromatic carbocycles. The summed E-state index contributed by atoms with van der Waals surface area (Å²) in [5.74, 6) is -2.12. The zero-order chi connectivity index (χ0) is 40.7. The van der Waals surface area contributed by atoms with Crippen molar-refractivity contribution < 1.29 is 42.9 Å². The smallest absolute Gasteiger partial charge is 0.361 e. The molecule has 0 fully saturated rings. The second-order valence-corrected chi connectivity index (χ2v) is 15.6. The molecule has 2 unspecified atom stereocenters. The fourth-order valence-corrected chi connectivity index (χ4v) is 5.73. The Morgan fingerprint density at radius 2 is 1.04 bits per heavy atom. The van der Waals surface area contributed by atoms with Gasteiger partial charge in [0, 0.05) is 12.8 Å². The van der Waals surface area contributed by atoms with Crippen molar-refractivity contribution in [1.82, 2.24) is 0 Å². The van der Waals surface area contributed by atoms with Gasteiger partial charge in [0.1, 0.15) is 13.2 Å². The van der Waals surface area contributed by atoms with Gasteiger partial charge in [0.05, 0.1) is 34.4 Å². The Balaban J connectivity index is 4.50. The first-order valence-corrected chi connectivity index (χ1v) is 21.8. The van der Waals surface area contributed by atoms with Crippen LogP contribution in [0.1, 0.15) is 168 Å². The topological polar surface area (TPSA) is 108 Å². The lowest BCUT2D eigenvalue weighted by Gasteiger charge is -2.25. The standard InChI is InChI=1S/C46H81NO8/c1-6-8-10-12-14-16-18-20-21-22-23-25-26-28-30-32-34-36-43(48)53-40-42(41-54-46(45(50)51)52-39-38-47(3,4)5)55-44(49)37-35-33-31-29-27-24-19-17-15-13-11-9-7-2/h9,11,15,17,24,27,31,33,42,46H,6-8,10,12-14,16,18-23,25-26,28-30,32,34-41H2,1-5H3/p+1/b11-9-,17-15-,27-24-,33-31-. The number of allylic oxidation sites excluding steroid dienone is 8. The van der Waals surface area contributed by atoms with Gasteiger partial charge in [0.15, 0.2) is 6.10 Å². The minimum Gasteiger partial charge on any atom is -0.477 e. The zero-order valence-electron chi connectivity index (χ0n) is 35.8. The average molecular weight is 777 g/mol. The molecular weight excluding hydrogens is 695 g/mol. The molecule has 0 heterocycles. The zero-order valence-corrected chi connectivity index (χ0v) is 35.8. The van der Waals surface area contributed by atoms with Gasteiger partial charge in [-0.2, -0.15) is 0 Å². The highest BCUT2D eigenvalue weighted by Crippen LogP contribution is 2.15. The highest BCUT2D eigenvalue weighted by molar-refractivity contribution is 5.71. The van der Waals surface area contributed by atoms with Crippen LogP contribution in [0.2, 0.25) is 0 Å². The van der Waals surface area contributed by atoms with Crippen molar-refractivity contribution in [2.75, 3.05) is 47.5 Å². The number of aliphatic carboxylic acids is 1. The molecular formula is C46H82NO8+. The van der Waals surface area contributed by atoms with Crippen molar-refractivity contribution in [1.29, 1.82) is 0 Å². The van der Waals surface area contributed by atoms with Crippen LogP contribution in [0, 0.1) is 0 Å². The summed E-state index contributed by atoms with van der Waals surface area (Å²) in [7, 11) is 5.93. The lowest BCUT2D eigenvalue weighted by molar-refractivity contribution is -0.870. The van der Waals surface area contributed by atoms with Crippen LogP contribution in [0.25, 0.3) is 0 Å². The van der Waals surface area contributed by atoms with Gasteiger partial charge in [-0.05, 0) is 38.5 Å².